The Bertz CT molecular complexity index is 409. The lowest BCUT2D eigenvalue weighted by atomic mass is 9.87. The van der Waals surface area contributed by atoms with Crippen molar-refractivity contribution in [2.75, 3.05) is 7.05 Å². The molecule has 0 spiro atoms. The van der Waals surface area contributed by atoms with Crippen LogP contribution >= 0.6 is 12.2 Å². The summed E-state index contributed by atoms with van der Waals surface area (Å²) < 4.78 is 0. The molecule has 0 bridgehead atoms. The Kier molecular flexibility index (Phi) is 5.71. The highest BCUT2D eigenvalue weighted by molar-refractivity contribution is 7.80. The van der Waals surface area contributed by atoms with Crippen LogP contribution in [0.25, 0.3) is 0 Å². The zero-order valence-corrected chi connectivity index (χ0v) is 11.4. The second-order valence-electron chi connectivity index (χ2n) is 4.16. The first-order chi connectivity index (χ1) is 8.60. The number of hydrogen-bond acceptors (Lipinski definition) is 3. The van der Waals surface area contributed by atoms with Crippen LogP contribution in [0.3, 0.4) is 0 Å². The third-order valence-electron chi connectivity index (χ3n) is 3.07. The molecule has 0 heterocycles. The van der Waals surface area contributed by atoms with E-state index in [0.29, 0.717) is 17.8 Å². The maximum absolute atomic E-state index is 11.2. The molecule has 0 aromatic heterocycles. The number of rotatable bonds is 6. The van der Waals surface area contributed by atoms with Crippen LogP contribution in [-0.2, 0) is 0 Å². The van der Waals surface area contributed by atoms with Gasteiger partial charge < -0.3 is 5.32 Å². The average molecular weight is 266 g/mol. The normalized spacial score (nSPS) is 13.7. The second-order valence-corrected chi connectivity index (χ2v) is 4.65. The zero-order chi connectivity index (χ0) is 13.5. The topological polar surface area (TPSA) is 55.2 Å². The van der Waals surface area contributed by atoms with Gasteiger partial charge in [-0.15, -0.1) is 0 Å². The van der Waals surface area contributed by atoms with Crippen molar-refractivity contribution in [1.29, 1.82) is 0 Å². The summed E-state index contributed by atoms with van der Waals surface area (Å²) >= 11 is 5.15. The first-order valence-electron chi connectivity index (χ1n) is 5.99. The molecule has 5 heteroatoms. The second kappa shape index (κ2) is 7.06. The molecule has 0 fully saturated rings. The van der Waals surface area contributed by atoms with Crippen molar-refractivity contribution in [2.45, 2.75) is 31.7 Å². The van der Waals surface area contributed by atoms with Crippen LogP contribution in [-0.4, -0.2) is 23.0 Å². The molecule has 1 rings (SSSR count). The van der Waals surface area contributed by atoms with Crippen LogP contribution in [0.15, 0.2) is 30.3 Å². The van der Waals surface area contributed by atoms with E-state index in [0.717, 1.165) is 5.56 Å². The maximum Gasteiger partial charge on any atom is 0.220 e. The van der Waals surface area contributed by atoms with Crippen molar-refractivity contribution in [3.63, 3.8) is 0 Å². The zero-order valence-electron chi connectivity index (χ0n) is 10.6. The third-order valence-corrected chi connectivity index (χ3v) is 3.44. The standard InChI is InChI=1S/C13H18N2O2S/c1-3-12(15(16)17)11(9-13(18)14-2)10-7-5-4-6-8-10/h4-8,11-12H,3,9H2,1-2H3,(H,14,18)/t11-,12+/m1/s1. The number of nitrogens with zero attached hydrogens (tertiary/aromatic N) is 1. The molecule has 0 aliphatic heterocycles. The summed E-state index contributed by atoms with van der Waals surface area (Å²) in [5.74, 6) is -0.175. The highest BCUT2D eigenvalue weighted by Gasteiger charge is 2.31. The minimum atomic E-state index is -0.598. The van der Waals surface area contributed by atoms with Crippen LogP contribution < -0.4 is 5.32 Å². The van der Waals surface area contributed by atoms with Gasteiger partial charge in [0.1, 0.15) is 0 Å². The maximum atomic E-state index is 11.2. The van der Waals surface area contributed by atoms with Crippen molar-refractivity contribution < 1.29 is 4.92 Å². The highest BCUT2D eigenvalue weighted by Crippen LogP contribution is 2.27. The first-order valence-corrected chi connectivity index (χ1v) is 6.40. The monoisotopic (exact) mass is 266 g/mol. The number of benzene rings is 1. The minimum absolute atomic E-state index is 0.175. The van der Waals surface area contributed by atoms with Crippen LogP contribution in [0.1, 0.15) is 31.2 Å². The third kappa shape index (κ3) is 3.77. The van der Waals surface area contributed by atoms with E-state index in [1.807, 2.05) is 37.3 Å². The predicted molar refractivity (Wildman–Crippen MR) is 76.5 cm³/mol. The molecule has 98 valence electrons. The summed E-state index contributed by atoms with van der Waals surface area (Å²) in [5.41, 5.74) is 0.971. The predicted octanol–water partition coefficient (Wildman–Crippen LogP) is 2.76. The minimum Gasteiger partial charge on any atom is -0.383 e. The number of nitrogens with one attached hydrogen (secondary N) is 1. The molecular formula is C13H18N2O2S. The number of thiocarbonyl (C=S) groups is 1. The Balaban J connectivity index is 3.01. The van der Waals surface area contributed by atoms with Crippen molar-refractivity contribution in [1.82, 2.24) is 5.32 Å². The Morgan fingerprint density at radius 3 is 2.50 bits per heavy atom. The fraction of sp³-hybridized carbons (Fsp3) is 0.462. The smallest absolute Gasteiger partial charge is 0.220 e. The summed E-state index contributed by atoms with van der Waals surface area (Å²) in [6.45, 7) is 1.84. The van der Waals surface area contributed by atoms with Gasteiger partial charge in [-0.3, -0.25) is 10.1 Å². The van der Waals surface area contributed by atoms with Crippen LogP contribution in [0.4, 0.5) is 0 Å². The van der Waals surface area contributed by atoms with E-state index < -0.39 is 6.04 Å². The number of nitro groups is 1. The quantitative estimate of drug-likeness (QED) is 0.488. The van der Waals surface area contributed by atoms with Crippen molar-refractivity contribution in [3.8, 4) is 0 Å². The molecule has 0 unspecified atom stereocenters. The molecule has 1 aromatic carbocycles. The van der Waals surface area contributed by atoms with Gasteiger partial charge in [-0.1, -0.05) is 49.5 Å². The summed E-state index contributed by atoms with van der Waals surface area (Å²) in [5, 5.41) is 14.0. The highest BCUT2D eigenvalue weighted by atomic mass is 32.1. The molecule has 0 aliphatic carbocycles. The van der Waals surface area contributed by atoms with Crippen molar-refractivity contribution >= 4 is 17.2 Å². The molecule has 0 radical (unpaired) electrons. The van der Waals surface area contributed by atoms with Gasteiger partial charge in [-0.05, 0) is 5.56 Å². The van der Waals surface area contributed by atoms with E-state index in [9.17, 15) is 10.1 Å². The largest absolute Gasteiger partial charge is 0.383 e. The fourth-order valence-corrected chi connectivity index (χ4v) is 2.24. The first kappa shape index (κ1) is 14.6. The van der Waals surface area contributed by atoms with Gasteiger partial charge in [0.05, 0.1) is 10.9 Å². The van der Waals surface area contributed by atoms with Crippen LogP contribution in [0.2, 0.25) is 0 Å². The Morgan fingerprint density at radius 1 is 1.44 bits per heavy atom. The summed E-state index contributed by atoms with van der Waals surface area (Å²) in [6.07, 6.45) is 1.01. The van der Waals surface area contributed by atoms with E-state index in [2.05, 4.69) is 5.32 Å². The molecular weight excluding hydrogens is 248 g/mol. The molecule has 1 N–H and O–H groups in total. The van der Waals surface area contributed by atoms with Gasteiger partial charge in [-0.2, -0.15) is 0 Å². The summed E-state index contributed by atoms with van der Waals surface area (Å²) in [6, 6.07) is 8.96. The Morgan fingerprint density at radius 2 is 2.06 bits per heavy atom. The molecule has 0 amide bonds. The van der Waals surface area contributed by atoms with E-state index in [4.69, 9.17) is 12.2 Å². The van der Waals surface area contributed by atoms with Gasteiger partial charge >= 0.3 is 0 Å². The lowest BCUT2D eigenvalue weighted by molar-refractivity contribution is -0.527. The lowest BCUT2D eigenvalue weighted by Crippen LogP contribution is -2.30. The molecule has 0 saturated heterocycles. The Hall–Kier alpha value is -1.49. The molecule has 4 nitrogen and oxygen atoms in total. The van der Waals surface area contributed by atoms with Gasteiger partial charge in [0.15, 0.2) is 0 Å². The van der Waals surface area contributed by atoms with Gasteiger partial charge in [-0.25, -0.2) is 0 Å². The summed E-state index contributed by atoms with van der Waals surface area (Å²) in [4.78, 5) is 11.6. The van der Waals surface area contributed by atoms with Gasteiger partial charge in [0, 0.05) is 24.8 Å². The van der Waals surface area contributed by atoms with E-state index in [-0.39, 0.29) is 10.8 Å². The fourth-order valence-electron chi connectivity index (χ4n) is 2.06. The summed E-state index contributed by atoms with van der Waals surface area (Å²) in [7, 11) is 1.75. The van der Waals surface area contributed by atoms with Crippen molar-refractivity contribution in [2.24, 2.45) is 0 Å². The van der Waals surface area contributed by atoms with Gasteiger partial charge in [0.25, 0.3) is 0 Å². The molecule has 18 heavy (non-hydrogen) atoms. The van der Waals surface area contributed by atoms with E-state index >= 15 is 0 Å². The Labute approximate surface area is 113 Å². The lowest BCUT2D eigenvalue weighted by Gasteiger charge is -2.20. The molecule has 1 aromatic rings. The van der Waals surface area contributed by atoms with Crippen LogP contribution in [0.5, 0.6) is 0 Å². The molecule has 2 atom stereocenters. The van der Waals surface area contributed by atoms with Gasteiger partial charge in [0.2, 0.25) is 6.04 Å². The van der Waals surface area contributed by atoms with E-state index in [1.54, 1.807) is 7.05 Å². The number of hydrogen-bond donors (Lipinski definition) is 1. The van der Waals surface area contributed by atoms with Crippen molar-refractivity contribution in [3.05, 3.63) is 46.0 Å². The SMILES string of the molecule is CC[C@@H]([C@H](CC(=S)NC)c1ccccc1)[N+](=O)[O-]. The average Bonchev–Trinajstić information content (AvgIpc) is 2.38. The van der Waals surface area contributed by atoms with E-state index in [1.165, 1.54) is 0 Å². The molecule has 0 aliphatic rings. The van der Waals surface area contributed by atoms with Crippen LogP contribution in [0, 0.1) is 10.1 Å². The molecule has 0 saturated carbocycles.